The normalized spacial score (nSPS) is 11.3. The van der Waals surface area contributed by atoms with Gasteiger partial charge in [-0.15, -0.1) is 6.42 Å². The molecule has 0 heterocycles. The van der Waals surface area contributed by atoms with Crippen LogP contribution in [-0.2, 0) is 0 Å². The second-order valence-corrected chi connectivity index (χ2v) is 4.96. The lowest BCUT2D eigenvalue weighted by Crippen LogP contribution is -2.28. The highest BCUT2D eigenvalue weighted by Crippen LogP contribution is 2.27. The van der Waals surface area contributed by atoms with Crippen molar-refractivity contribution in [1.82, 2.24) is 5.32 Å². The molecular formula is C17H23NO3. The maximum atomic E-state index is 12.1. The zero-order valence-corrected chi connectivity index (χ0v) is 12.9. The first kappa shape index (κ1) is 16.9. The number of carbonyl (C=O) groups excluding carboxylic acids is 1. The lowest BCUT2D eigenvalue weighted by molar-refractivity contribution is 0.0947. The number of hydrogen-bond acceptors (Lipinski definition) is 3. The van der Waals surface area contributed by atoms with Crippen LogP contribution in [0.25, 0.3) is 0 Å². The molecule has 0 bridgehead atoms. The molecule has 1 aromatic rings. The van der Waals surface area contributed by atoms with Crippen molar-refractivity contribution in [3.05, 3.63) is 23.8 Å². The molecular weight excluding hydrogens is 266 g/mol. The van der Waals surface area contributed by atoms with Crippen molar-refractivity contribution in [1.29, 1.82) is 0 Å². The summed E-state index contributed by atoms with van der Waals surface area (Å²) in [5.74, 6) is 3.79. The Bertz CT molecular complexity index is 505. The van der Waals surface area contributed by atoms with Gasteiger partial charge in [0, 0.05) is 12.1 Å². The van der Waals surface area contributed by atoms with Gasteiger partial charge in [-0.3, -0.25) is 4.79 Å². The van der Waals surface area contributed by atoms with Gasteiger partial charge in [-0.1, -0.05) is 26.2 Å². The molecule has 1 N–H and O–H groups in total. The standard InChI is InChI=1S/C17H23NO3/c1-5-7-13(3)12-18-17(19)14-8-9-15(21-10-6-2)16(11-14)20-4/h2,8-9,11,13H,5,7,10,12H2,1,3-4H3,(H,18,19). The average Bonchev–Trinajstić information content (AvgIpc) is 2.50. The van der Waals surface area contributed by atoms with Gasteiger partial charge >= 0.3 is 0 Å². The largest absolute Gasteiger partial charge is 0.493 e. The van der Waals surface area contributed by atoms with E-state index >= 15 is 0 Å². The average molecular weight is 289 g/mol. The summed E-state index contributed by atoms with van der Waals surface area (Å²) >= 11 is 0. The molecule has 0 spiro atoms. The number of terminal acetylenes is 1. The lowest BCUT2D eigenvalue weighted by atomic mass is 10.1. The Balaban J connectivity index is 2.70. The molecule has 0 aliphatic heterocycles. The highest BCUT2D eigenvalue weighted by molar-refractivity contribution is 5.94. The van der Waals surface area contributed by atoms with Crippen molar-refractivity contribution in [2.75, 3.05) is 20.3 Å². The highest BCUT2D eigenvalue weighted by atomic mass is 16.5. The molecule has 0 aromatic heterocycles. The molecule has 4 heteroatoms. The topological polar surface area (TPSA) is 47.6 Å². The molecule has 1 atom stereocenters. The van der Waals surface area contributed by atoms with Crippen LogP contribution in [0.5, 0.6) is 11.5 Å². The first-order valence-corrected chi connectivity index (χ1v) is 7.14. The summed E-state index contributed by atoms with van der Waals surface area (Å²) in [5.41, 5.74) is 0.545. The first-order valence-electron chi connectivity index (χ1n) is 7.14. The predicted molar refractivity (Wildman–Crippen MR) is 83.7 cm³/mol. The number of rotatable bonds is 8. The van der Waals surface area contributed by atoms with E-state index in [1.165, 1.54) is 7.11 Å². The third kappa shape index (κ3) is 5.39. The van der Waals surface area contributed by atoms with E-state index in [4.69, 9.17) is 15.9 Å². The van der Waals surface area contributed by atoms with Crippen molar-refractivity contribution in [2.45, 2.75) is 26.7 Å². The van der Waals surface area contributed by atoms with Crippen molar-refractivity contribution in [3.8, 4) is 23.8 Å². The van der Waals surface area contributed by atoms with Gasteiger partial charge in [-0.25, -0.2) is 0 Å². The van der Waals surface area contributed by atoms with E-state index in [2.05, 4.69) is 25.1 Å². The zero-order valence-electron chi connectivity index (χ0n) is 12.9. The zero-order chi connectivity index (χ0) is 15.7. The number of ether oxygens (including phenoxy) is 2. The summed E-state index contributed by atoms with van der Waals surface area (Å²) < 4.78 is 10.6. The van der Waals surface area contributed by atoms with Gasteiger partial charge < -0.3 is 14.8 Å². The molecule has 4 nitrogen and oxygen atoms in total. The molecule has 0 aliphatic carbocycles. The van der Waals surface area contributed by atoms with E-state index in [1.54, 1.807) is 18.2 Å². The van der Waals surface area contributed by atoms with Gasteiger partial charge in [0.05, 0.1) is 7.11 Å². The number of nitrogens with one attached hydrogen (secondary N) is 1. The second kappa shape index (κ2) is 8.91. The van der Waals surface area contributed by atoms with Gasteiger partial charge in [0.2, 0.25) is 0 Å². The van der Waals surface area contributed by atoms with Crippen LogP contribution in [0.15, 0.2) is 18.2 Å². The summed E-state index contributed by atoms with van der Waals surface area (Å²) in [4.78, 5) is 12.1. The molecule has 0 saturated carbocycles. The van der Waals surface area contributed by atoms with Crippen LogP contribution in [0.4, 0.5) is 0 Å². The predicted octanol–water partition coefficient (Wildman–Crippen LogP) is 2.87. The Hall–Kier alpha value is -2.15. The van der Waals surface area contributed by atoms with Gasteiger partial charge in [-0.2, -0.15) is 0 Å². The first-order chi connectivity index (χ1) is 10.1. The van der Waals surface area contributed by atoms with Crippen molar-refractivity contribution >= 4 is 5.91 Å². The Labute approximate surface area is 126 Å². The Kier molecular flexibility index (Phi) is 7.17. The summed E-state index contributed by atoms with van der Waals surface area (Å²) in [7, 11) is 1.53. The molecule has 1 amide bonds. The summed E-state index contributed by atoms with van der Waals surface area (Å²) in [6, 6.07) is 5.06. The Morgan fingerprint density at radius 3 is 2.81 bits per heavy atom. The maximum absolute atomic E-state index is 12.1. The minimum Gasteiger partial charge on any atom is -0.493 e. The lowest BCUT2D eigenvalue weighted by Gasteiger charge is -2.13. The van der Waals surface area contributed by atoms with E-state index in [9.17, 15) is 4.79 Å². The van der Waals surface area contributed by atoms with Crippen LogP contribution in [0, 0.1) is 18.3 Å². The second-order valence-electron chi connectivity index (χ2n) is 4.96. The van der Waals surface area contributed by atoms with Gasteiger partial charge in [0.1, 0.15) is 6.61 Å². The van der Waals surface area contributed by atoms with Crippen LogP contribution in [0.1, 0.15) is 37.0 Å². The molecule has 1 rings (SSSR count). The van der Waals surface area contributed by atoms with Crippen LogP contribution in [-0.4, -0.2) is 26.2 Å². The fourth-order valence-electron chi connectivity index (χ4n) is 2.01. The molecule has 1 aromatic carbocycles. The van der Waals surface area contributed by atoms with Crippen molar-refractivity contribution < 1.29 is 14.3 Å². The Morgan fingerprint density at radius 1 is 1.43 bits per heavy atom. The summed E-state index contributed by atoms with van der Waals surface area (Å²) in [5, 5.41) is 2.93. The van der Waals surface area contributed by atoms with Crippen LogP contribution < -0.4 is 14.8 Å². The Morgan fingerprint density at radius 2 is 2.19 bits per heavy atom. The monoisotopic (exact) mass is 289 g/mol. The molecule has 21 heavy (non-hydrogen) atoms. The summed E-state index contributed by atoms with van der Waals surface area (Å²) in [6.45, 7) is 5.10. The third-order valence-corrected chi connectivity index (χ3v) is 3.13. The minimum absolute atomic E-state index is 0.111. The minimum atomic E-state index is -0.111. The van der Waals surface area contributed by atoms with Crippen molar-refractivity contribution in [3.63, 3.8) is 0 Å². The highest BCUT2D eigenvalue weighted by Gasteiger charge is 2.11. The van der Waals surface area contributed by atoms with E-state index in [1.807, 2.05) is 0 Å². The van der Waals surface area contributed by atoms with E-state index in [0.717, 1.165) is 12.8 Å². The smallest absolute Gasteiger partial charge is 0.251 e. The quantitative estimate of drug-likeness (QED) is 0.749. The number of methoxy groups -OCH3 is 1. The van der Waals surface area contributed by atoms with Crippen molar-refractivity contribution in [2.24, 2.45) is 5.92 Å². The fraction of sp³-hybridized carbons (Fsp3) is 0.471. The molecule has 0 saturated heterocycles. The molecule has 0 radical (unpaired) electrons. The van der Waals surface area contributed by atoms with Crippen LogP contribution in [0.3, 0.4) is 0 Å². The van der Waals surface area contributed by atoms with Gasteiger partial charge in [0.25, 0.3) is 5.91 Å². The number of amides is 1. The van der Waals surface area contributed by atoms with Crippen LogP contribution in [0.2, 0.25) is 0 Å². The SMILES string of the molecule is C#CCOc1ccc(C(=O)NCC(C)CCC)cc1OC. The molecule has 0 fully saturated rings. The number of carbonyl (C=O) groups is 1. The molecule has 0 aliphatic rings. The summed E-state index contributed by atoms with van der Waals surface area (Å²) in [6.07, 6.45) is 7.38. The number of benzene rings is 1. The molecule has 1 unspecified atom stereocenters. The van der Waals surface area contributed by atoms with Gasteiger partial charge in [-0.05, 0) is 30.5 Å². The fourth-order valence-corrected chi connectivity index (χ4v) is 2.01. The van der Waals surface area contributed by atoms with Crippen LogP contribution >= 0.6 is 0 Å². The van der Waals surface area contributed by atoms with E-state index < -0.39 is 0 Å². The number of hydrogen-bond donors (Lipinski definition) is 1. The van der Waals surface area contributed by atoms with E-state index in [-0.39, 0.29) is 12.5 Å². The van der Waals surface area contributed by atoms with E-state index in [0.29, 0.717) is 29.5 Å². The maximum Gasteiger partial charge on any atom is 0.251 e. The molecule has 114 valence electrons. The third-order valence-electron chi connectivity index (χ3n) is 3.13. The van der Waals surface area contributed by atoms with Gasteiger partial charge in [0.15, 0.2) is 11.5 Å².